The molecule has 0 radical (unpaired) electrons. The molecule has 2 aromatic rings. The predicted molar refractivity (Wildman–Crippen MR) is 94.9 cm³/mol. The van der Waals surface area contributed by atoms with E-state index in [2.05, 4.69) is 9.88 Å². The van der Waals surface area contributed by atoms with Gasteiger partial charge < -0.3 is 0 Å². The molecule has 1 saturated heterocycles. The summed E-state index contributed by atoms with van der Waals surface area (Å²) >= 11 is 0. The standard InChI is InChI=1S/C18H23N3O2S/c1-16-3-2-4-18(13-16)15-24(22,23)21-11-9-20(10-12-21)14-17-5-7-19-8-6-17/h2-8,13H,9-12,14-15H2,1H3. The summed E-state index contributed by atoms with van der Waals surface area (Å²) in [6.07, 6.45) is 3.58. The Morgan fingerprint density at radius 2 is 1.71 bits per heavy atom. The van der Waals surface area contributed by atoms with E-state index in [0.29, 0.717) is 13.1 Å². The van der Waals surface area contributed by atoms with Crippen molar-refractivity contribution in [2.45, 2.75) is 19.2 Å². The number of piperazine rings is 1. The van der Waals surface area contributed by atoms with E-state index in [1.165, 1.54) is 5.56 Å². The number of hydrogen-bond acceptors (Lipinski definition) is 4. The molecule has 0 saturated carbocycles. The number of rotatable bonds is 5. The first-order valence-electron chi connectivity index (χ1n) is 8.17. The van der Waals surface area contributed by atoms with Crippen LogP contribution >= 0.6 is 0 Å². The molecule has 1 aromatic carbocycles. The summed E-state index contributed by atoms with van der Waals surface area (Å²) in [5, 5.41) is 0. The van der Waals surface area contributed by atoms with Gasteiger partial charge in [-0.05, 0) is 30.2 Å². The van der Waals surface area contributed by atoms with Gasteiger partial charge in [0, 0.05) is 45.1 Å². The zero-order valence-electron chi connectivity index (χ0n) is 13.9. The molecule has 0 unspecified atom stereocenters. The molecule has 1 fully saturated rings. The molecule has 1 aliphatic heterocycles. The summed E-state index contributed by atoms with van der Waals surface area (Å²) in [7, 11) is -3.25. The highest BCUT2D eigenvalue weighted by atomic mass is 32.2. The largest absolute Gasteiger partial charge is 0.296 e. The zero-order chi connectivity index (χ0) is 17.0. The summed E-state index contributed by atoms with van der Waals surface area (Å²) < 4.78 is 26.9. The SMILES string of the molecule is Cc1cccc(CS(=O)(=O)N2CCN(Cc3ccncc3)CC2)c1. The van der Waals surface area contributed by atoms with Crippen LogP contribution in [-0.2, 0) is 22.3 Å². The van der Waals surface area contributed by atoms with E-state index in [9.17, 15) is 8.42 Å². The lowest BCUT2D eigenvalue weighted by molar-refractivity contribution is 0.181. The van der Waals surface area contributed by atoms with Gasteiger partial charge in [0.25, 0.3) is 0 Å². The van der Waals surface area contributed by atoms with Crippen molar-refractivity contribution in [1.82, 2.24) is 14.2 Å². The molecule has 3 rings (SSSR count). The lowest BCUT2D eigenvalue weighted by atomic mass is 10.2. The first kappa shape index (κ1) is 17.1. The van der Waals surface area contributed by atoms with Crippen LogP contribution < -0.4 is 0 Å². The van der Waals surface area contributed by atoms with Crippen molar-refractivity contribution in [3.63, 3.8) is 0 Å². The van der Waals surface area contributed by atoms with Gasteiger partial charge in [-0.15, -0.1) is 0 Å². The second-order valence-corrected chi connectivity index (χ2v) is 8.24. The van der Waals surface area contributed by atoms with Crippen molar-refractivity contribution in [3.8, 4) is 0 Å². The molecule has 0 spiro atoms. The third kappa shape index (κ3) is 4.41. The normalized spacial score (nSPS) is 17.0. The summed E-state index contributed by atoms with van der Waals surface area (Å²) in [4.78, 5) is 6.31. The van der Waals surface area contributed by atoms with Crippen LogP contribution in [0.15, 0.2) is 48.8 Å². The number of pyridine rings is 1. The van der Waals surface area contributed by atoms with E-state index in [4.69, 9.17) is 0 Å². The average molecular weight is 345 g/mol. The van der Waals surface area contributed by atoms with Crippen molar-refractivity contribution in [2.24, 2.45) is 0 Å². The summed E-state index contributed by atoms with van der Waals surface area (Å²) in [6, 6.07) is 11.7. The van der Waals surface area contributed by atoms with Crippen LogP contribution in [0.2, 0.25) is 0 Å². The van der Waals surface area contributed by atoms with E-state index >= 15 is 0 Å². The minimum atomic E-state index is -3.25. The van der Waals surface area contributed by atoms with E-state index in [1.54, 1.807) is 16.7 Å². The molecule has 5 nitrogen and oxygen atoms in total. The van der Waals surface area contributed by atoms with Gasteiger partial charge in [0.15, 0.2) is 0 Å². The molecule has 0 amide bonds. The Morgan fingerprint density at radius 3 is 2.38 bits per heavy atom. The predicted octanol–water partition coefficient (Wildman–Crippen LogP) is 2.04. The Bertz CT molecular complexity index is 770. The lowest BCUT2D eigenvalue weighted by Gasteiger charge is -2.34. The minimum Gasteiger partial charge on any atom is -0.296 e. The van der Waals surface area contributed by atoms with Crippen molar-refractivity contribution in [3.05, 3.63) is 65.5 Å². The Labute approximate surface area is 144 Å². The molecule has 0 N–H and O–H groups in total. The molecule has 2 heterocycles. The van der Waals surface area contributed by atoms with Crippen LogP contribution in [0.4, 0.5) is 0 Å². The maximum absolute atomic E-state index is 12.6. The van der Waals surface area contributed by atoms with Crippen molar-refractivity contribution < 1.29 is 8.42 Å². The average Bonchev–Trinajstić information content (AvgIpc) is 2.56. The van der Waals surface area contributed by atoms with E-state index in [0.717, 1.165) is 30.8 Å². The molecule has 6 heteroatoms. The maximum Gasteiger partial charge on any atom is 0.218 e. The van der Waals surface area contributed by atoms with Crippen LogP contribution in [0.3, 0.4) is 0 Å². The van der Waals surface area contributed by atoms with Gasteiger partial charge in [-0.3, -0.25) is 9.88 Å². The fraction of sp³-hybridized carbons (Fsp3) is 0.389. The molecule has 0 atom stereocenters. The van der Waals surface area contributed by atoms with Gasteiger partial charge in [0.2, 0.25) is 10.0 Å². The highest BCUT2D eigenvalue weighted by Crippen LogP contribution is 2.15. The van der Waals surface area contributed by atoms with Crippen molar-refractivity contribution in [2.75, 3.05) is 26.2 Å². The van der Waals surface area contributed by atoms with Crippen LogP contribution in [0.1, 0.15) is 16.7 Å². The maximum atomic E-state index is 12.6. The molecule has 0 bridgehead atoms. The number of nitrogens with zero attached hydrogens (tertiary/aromatic N) is 3. The molecular formula is C18H23N3O2S. The topological polar surface area (TPSA) is 53.5 Å². The van der Waals surface area contributed by atoms with Gasteiger partial charge in [0.1, 0.15) is 0 Å². The monoisotopic (exact) mass is 345 g/mol. The van der Waals surface area contributed by atoms with Crippen LogP contribution in [0.25, 0.3) is 0 Å². The fourth-order valence-corrected chi connectivity index (χ4v) is 4.52. The van der Waals surface area contributed by atoms with Crippen LogP contribution in [-0.4, -0.2) is 48.8 Å². The van der Waals surface area contributed by atoms with Gasteiger partial charge >= 0.3 is 0 Å². The van der Waals surface area contributed by atoms with Gasteiger partial charge in [0.05, 0.1) is 5.75 Å². The molecule has 128 valence electrons. The lowest BCUT2D eigenvalue weighted by Crippen LogP contribution is -2.48. The highest BCUT2D eigenvalue weighted by molar-refractivity contribution is 7.88. The molecule has 0 aliphatic carbocycles. The van der Waals surface area contributed by atoms with Gasteiger partial charge in [-0.25, -0.2) is 8.42 Å². The first-order chi connectivity index (χ1) is 11.5. The van der Waals surface area contributed by atoms with Gasteiger partial charge in [-0.1, -0.05) is 29.8 Å². The quantitative estimate of drug-likeness (QED) is 0.832. The van der Waals surface area contributed by atoms with E-state index < -0.39 is 10.0 Å². The summed E-state index contributed by atoms with van der Waals surface area (Å²) in [5.74, 6) is 0.0824. The summed E-state index contributed by atoms with van der Waals surface area (Å²) in [5.41, 5.74) is 3.15. The molecule has 1 aromatic heterocycles. The first-order valence-corrected chi connectivity index (χ1v) is 9.78. The number of sulfonamides is 1. The number of hydrogen-bond donors (Lipinski definition) is 0. The number of aryl methyl sites for hydroxylation is 1. The van der Waals surface area contributed by atoms with Crippen molar-refractivity contribution in [1.29, 1.82) is 0 Å². The second kappa shape index (κ2) is 7.42. The second-order valence-electron chi connectivity index (χ2n) is 6.28. The van der Waals surface area contributed by atoms with Gasteiger partial charge in [-0.2, -0.15) is 4.31 Å². The Kier molecular flexibility index (Phi) is 5.28. The molecular weight excluding hydrogens is 322 g/mol. The summed E-state index contributed by atoms with van der Waals surface area (Å²) in [6.45, 7) is 5.45. The Balaban J connectivity index is 1.57. The van der Waals surface area contributed by atoms with Crippen molar-refractivity contribution >= 4 is 10.0 Å². The van der Waals surface area contributed by atoms with Crippen LogP contribution in [0.5, 0.6) is 0 Å². The fourth-order valence-electron chi connectivity index (χ4n) is 3.02. The van der Waals surface area contributed by atoms with Crippen LogP contribution in [0, 0.1) is 6.92 Å². The molecule has 1 aliphatic rings. The van der Waals surface area contributed by atoms with E-state index in [1.807, 2.05) is 43.3 Å². The highest BCUT2D eigenvalue weighted by Gasteiger charge is 2.27. The number of benzene rings is 1. The Hall–Kier alpha value is -1.76. The Morgan fingerprint density at radius 1 is 1.00 bits per heavy atom. The smallest absolute Gasteiger partial charge is 0.218 e. The minimum absolute atomic E-state index is 0.0824. The third-order valence-electron chi connectivity index (χ3n) is 4.31. The zero-order valence-corrected chi connectivity index (χ0v) is 14.7. The molecule has 24 heavy (non-hydrogen) atoms. The third-order valence-corrected chi connectivity index (χ3v) is 6.16. The van der Waals surface area contributed by atoms with E-state index in [-0.39, 0.29) is 5.75 Å². The number of aromatic nitrogens is 1.